The molecule has 0 heterocycles. The van der Waals surface area contributed by atoms with Gasteiger partial charge in [-0.15, -0.1) is 0 Å². The van der Waals surface area contributed by atoms with E-state index in [0.717, 1.165) is 17.1 Å². The highest BCUT2D eigenvalue weighted by atomic mass is 32.2. The first-order chi connectivity index (χ1) is 18.7. The SMILES string of the molecule is CCCCNC(=O)C(CC)N(Cc1ccc(F)cc1)C(=O)CN(c1ccccc1C)S(=O)(=O)c1ccccc1. The molecular weight excluding hydrogens is 517 g/mol. The van der Waals surface area contributed by atoms with Crippen molar-refractivity contribution in [2.24, 2.45) is 0 Å². The normalized spacial score (nSPS) is 12.0. The molecule has 1 N–H and O–H groups in total. The third-order valence-corrected chi connectivity index (χ3v) is 8.25. The third-order valence-electron chi connectivity index (χ3n) is 6.48. The van der Waals surface area contributed by atoms with Crippen LogP contribution >= 0.6 is 0 Å². The summed E-state index contributed by atoms with van der Waals surface area (Å²) in [7, 11) is -4.12. The second-order valence-electron chi connectivity index (χ2n) is 9.33. The minimum atomic E-state index is -4.12. The number of sulfonamides is 1. The Kier molecular flexibility index (Phi) is 10.6. The van der Waals surface area contributed by atoms with Crippen molar-refractivity contribution in [1.82, 2.24) is 10.2 Å². The molecule has 0 radical (unpaired) electrons. The molecule has 0 spiro atoms. The quantitative estimate of drug-likeness (QED) is 0.300. The number of nitrogens with one attached hydrogen (secondary N) is 1. The summed E-state index contributed by atoms with van der Waals surface area (Å²) in [6, 6.07) is 19.7. The molecule has 3 aromatic carbocycles. The number of hydrogen-bond acceptors (Lipinski definition) is 4. The number of anilines is 1. The van der Waals surface area contributed by atoms with Gasteiger partial charge >= 0.3 is 0 Å². The van der Waals surface area contributed by atoms with E-state index in [-0.39, 0.29) is 17.3 Å². The fourth-order valence-electron chi connectivity index (χ4n) is 4.29. The van der Waals surface area contributed by atoms with Crippen molar-refractivity contribution in [3.05, 3.63) is 95.8 Å². The number of para-hydroxylation sites is 1. The minimum absolute atomic E-state index is 0.0197. The van der Waals surface area contributed by atoms with E-state index < -0.39 is 34.3 Å². The minimum Gasteiger partial charge on any atom is -0.354 e. The summed E-state index contributed by atoms with van der Waals surface area (Å²) in [5.41, 5.74) is 1.68. The second kappa shape index (κ2) is 13.9. The molecule has 2 amide bonds. The lowest BCUT2D eigenvalue weighted by Gasteiger charge is -2.33. The lowest BCUT2D eigenvalue weighted by Crippen LogP contribution is -2.52. The maximum Gasteiger partial charge on any atom is 0.264 e. The number of nitrogens with zero attached hydrogens (tertiary/aromatic N) is 2. The topological polar surface area (TPSA) is 86.8 Å². The van der Waals surface area contributed by atoms with Crippen molar-refractivity contribution in [3.8, 4) is 0 Å². The Morgan fingerprint density at radius 2 is 1.56 bits per heavy atom. The van der Waals surface area contributed by atoms with Crippen LogP contribution in [0.25, 0.3) is 0 Å². The summed E-state index contributed by atoms with van der Waals surface area (Å²) < 4.78 is 42.3. The number of hydrogen-bond donors (Lipinski definition) is 1. The van der Waals surface area contributed by atoms with Gasteiger partial charge in [-0.1, -0.05) is 68.8 Å². The molecule has 0 aliphatic heterocycles. The van der Waals surface area contributed by atoms with E-state index in [1.165, 1.54) is 29.2 Å². The number of benzene rings is 3. The number of unbranched alkanes of at least 4 members (excludes halogenated alkanes) is 1. The molecule has 0 aliphatic rings. The van der Waals surface area contributed by atoms with Crippen LogP contribution < -0.4 is 9.62 Å². The smallest absolute Gasteiger partial charge is 0.264 e. The number of aryl methyl sites for hydroxylation is 1. The molecule has 0 saturated carbocycles. The number of halogens is 1. The van der Waals surface area contributed by atoms with Gasteiger partial charge in [-0.3, -0.25) is 13.9 Å². The Hall–Kier alpha value is -3.72. The average molecular weight is 554 g/mol. The molecule has 0 aromatic heterocycles. The fraction of sp³-hybridized carbons (Fsp3) is 0.333. The zero-order valence-electron chi connectivity index (χ0n) is 22.6. The summed E-state index contributed by atoms with van der Waals surface area (Å²) in [6.45, 7) is 5.57. The zero-order chi connectivity index (χ0) is 28.4. The van der Waals surface area contributed by atoms with Crippen LogP contribution in [-0.2, 0) is 26.2 Å². The number of amides is 2. The zero-order valence-corrected chi connectivity index (χ0v) is 23.5. The van der Waals surface area contributed by atoms with E-state index >= 15 is 0 Å². The number of rotatable bonds is 13. The molecule has 1 atom stereocenters. The van der Waals surface area contributed by atoms with Crippen LogP contribution in [0.1, 0.15) is 44.2 Å². The molecule has 0 aliphatic carbocycles. The van der Waals surface area contributed by atoms with E-state index in [0.29, 0.717) is 29.8 Å². The molecule has 7 nitrogen and oxygen atoms in total. The third kappa shape index (κ3) is 7.66. The van der Waals surface area contributed by atoms with Crippen LogP contribution in [0.4, 0.5) is 10.1 Å². The predicted octanol–water partition coefficient (Wildman–Crippen LogP) is 5.05. The fourth-order valence-corrected chi connectivity index (χ4v) is 5.79. The maximum absolute atomic E-state index is 14.0. The van der Waals surface area contributed by atoms with Crippen LogP contribution in [0.5, 0.6) is 0 Å². The Morgan fingerprint density at radius 1 is 0.923 bits per heavy atom. The first kappa shape index (κ1) is 29.8. The van der Waals surface area contributed by atoms with E-state index in [1.807, 2.05) is 6.92 Å². The molecule has 3 aromatic rings. The summed E-state index contributed by atoms with van der Waals surface area (Å²) in [5, 5.41) is 2.89. The van der Waals surface area contributed by atoms with Crippen molar-refractivity contribution < 1.29 is 22.4 Å². The Bertz CT molecular complexity index is 1350. The van der Waals surface area contributed by atoms with E-state index in [2.05, 4.69) is 5.32 Å². The Labute approximate surface area is 230 Å². The summed E-state index contributed by atoms with van der Waals surface area (Å²) in [4.78, 5) is 28.6. The standard InChI is InChI=1S/C30H36FN3O4S/c1-4-6-20-32-30(36)27(5-2)33(21-24-16-18-25(31)19-17-24)29(35)22-34(28-15-11-10-12-23(28)3)39(37,38)26-13-8-7-9-14-26/h7-19,27H,4-6,20-22H2,1-3H3,(H,32,36). The molecular formula is C30H36FN3O4S. The highest BCUT2D eigenvalue weighted by molar-refractivity contribution is 7.92. The number of carbonyl (C=O) groups excluding carboxylic acids is 2. The molecule has 0 fully saturated rings. The molecule has 3 rings (SSSR count). The van der Waals surface area contributed by atoms with Crippen LogP contribution in [0, 0.1) is 12.7 Å². The van der Waals surface area contributed by atoms with Crippen molar-refractivity contribution >= 4 is 27.5 Å². The van der Waals surface area contributed by atoms with Gasteiger partial charge in [0.25, 0.3) is 10.0 Å². The molecule has 1 unspecified atom stereocenters. The van der Waals surface area contributed by atoms with Crippen LogP contribution in [0.2, 0.25) is 0 Å². The largest absolute Gasteiger partial charge is 0.354 e. The Morgan fingerprint density at radius 3 is 2.18 bits per heavy atom. The summed E-state index contributed by atoms with van der Waals surface area (Å²) in [5.74, 6) is -1.27. The predicted molar refractivity (Wildman–Crippen MR) is 151 cm³/mol. The Balaban J connectivity index is 2.03. The van der Waals surface area contributed by atoms with Gasteiger partial charge in [0.1, 0.15) is 18.4 Å². The van der Waals surface area contributed by atoms with Gasteiger partial charge in [0.05, 0.1) is 10.6 Å². The van der Waals surface area contributed by atoms with Gasteiger partial charge in [0.2, 0.25) is 11.8 Å². The summed E-state index contributed by atoms with van der Waals surface area (Å²) >= 11 is 0. The van der Waals surface area contributed by atoms with Crippen LogP contribution in [-0.4, -0.2) is 44.3 Å². The van der Waals surface area contributed by atoms with Crippen molar-refractivity contribution in [3.63, 3.8) is 0 Å². The first-order valence-electron chi connectivity index (χ1n) is 13.1. The van der Waals surface area contributed by atoms with Crippen molar-refractivity contribution in [1.29, 1.82) is 0 Å². The van der Waals surface area contributed by atoms with Crippen LogP contribution in [0.3, 0.4) is 0 Å². The van der Waals surface area contributed by atoms with Gasteiger partial charge in [-0.25, -0.2) is 12.8 Å². The monoisotopic (exact) mass is 553 g/mol. The van der Waals surface area contributed by atoms with E-state index in [1.54, 1.807) is 68.4 Å². The van der Waals surface area contributed by atoms with E-state index in [4.69, 9.17) is 0 Å². The molecule has 9 heteroatoms. The maximum atomic E-state index is 14.0. The van der Waals surface area contributed by atoms with E-state index in [9.17, 15) is 22.4 Å². The lowest BCUT2D eigenvalue weighted by molar-refractivity contribution is -0.140. The van der Waals surface area contributed by atoms with Gasteiger partial charge in [0, 0.05) is 13.1 Å². The first-order valence-corrected chi connectivity index (χ1v) is 14.6. The van der Waals surface area contributed by atoms with Gasteiger partial charge in [-0.2, -0.15) is 0 Å². The van der Waals surface area contributed by atoms with Gasteiger partial charge in [0.15, 0.2) is 0 Å². The second-order valence-corrected chi connectivity index (χ2v) is 11.2. The van der Waals surface area contributed by atoms with Gasteiger partial charge < -0.3 is 10.2 Å². The van der Waals surface area contributed by atoms with Crippen LogP contribution in [0.15, 0.2) is 83.8 Å². The molecule has 208 valence electrons. The lowest BCUT2D eigenvalue weighted by atomic mass is 10.1. The number of carbonyl (C=O) groups is 2. The summed E-state index contributed by atoms with van der Waals surface area (Å²) in [6.07, 6.45) is 2.02. The molecule has 0 saturated heterocycles. The van der Waals surface area contributed by atoms with Crippen molar-refractivity contribution in [2.75, 3.05) is 17.4 Å². The highest BCUT2D eigenvalue weighted by Crippen LogP contribution is 2.27. The highest BCUT2D eigenvalue weighted by Gasteiger charge is 2.34. The molecule has 39 heavy (non-hydrogen) atoms. The average Bonchev–Trinajstić information content (AvgIpc) is 2.93. The van der Waals surface area contributed by atoms with Gasteiger partial charge in [-0.05, 0) is 61.2 Å². The molecule has 0 bridgehead atoms. The van der Waals surface area contributed by atoms with Crippen molar-refractivity contribution in [2.45, 2.75) is 57.5 Å².